The van der Waals surface area contributed by atoms with Gasteiger partial charge in [0.2, 0.25) is 6.79 Å². The van der Waals surface area contributed by atoms with Gasteiger partial charge in [0.05, 0.1) is 16.8 Å². The second-order valence-electron chi connectivity index (χ2n) is 5.77. The molecule has 0 amide bonds. The van der Waals surface area contributed by atoms with E-state index < -0.39 is 10.0 Å². The molecule has 8 nitrogen and oxygen atoms in total. The zero-order valence-electron chi connectivity index (χ0n) is 14.1. The Hall–Kier alpha value is -3.33. The van der Waals surface area contributed by atoms with E-state index in [9.17, 15) is 8.42 Å². The van der Waals surface area contributed by atoms with Crippen LogP contribution in [0.25, 0.3) is 0 Å². The smallest absolute Gasteiger partial charge is 0.263 e. The predicted molar refractivity (Wildman–Crippen MR) is 99.2 cm³/mol. The van der Waals surface area contributed by atoms with Crippen LogP contribution in [0, 0.1) is 0 Å². The summed E-state index contributed by atoms with van der Waals surface area (Å²) in [4.78, 5) is 8.28. The Morgan fingerprint density at radius 2 is 1.93 bits per heavy atom. The molecule has 3 aromatic rings. The number of pyridine rings is 2. The van der Waals surface area contributed by atoms with Crippen molar-refractivity contribution in [3.8, 4) is 11.5 Å². The molecule has 1 aliphatic rings. The van der Waals surface area contributed by atoms with E-state index in [2.05, 4.69) is 20.0 Å². The summed E-state index contributed by atoms with van der Waals surface area (Å²) in [5, 5.41) is 3.20. The Balaban J connectivity index is 1.43. The van der Waals surface area contributed by atoms with Crippen LogP contribution >= 0.6 is 0 Å². The lowest BCUT2D eigenvalue weighted by atomic mass is 10.3. The highest BCUT2D eigenvalue weighted by molar-refractivity contribution is 7.92. The van der Waals surface area contributed by atoms with Crippen molar-refractivity contribution in [3.05, 3.63) is 66.6 Å². The highest BCUT2D eigenvalue weighted by atomic mass is 32.2. The first-order valence-corrected chi connectivity index (χ1v) is 9.60. The summed E-state index contributed by atoms with van der Waals surface area (Å²) >= 11 is 0. The average molecular weight is 384 g/mol. The summed E-state index contributed by atoms with van der Waals surface area (Å²) in [6.07, 6.45) is 5.05. The molecule has 0 atom stereocenters. The fourth-order valence-electron chi connectivity index (χ4n) is 2.51. The van der Waals surface area contributed by atoms with Gasteiger partial charge in [-0.05, 0) is 35.9 Å². The zero-order valence-corrected chi connectivity index (χ0v) is 14.9. The maximum atomic E-state index is 12.5. The second-order valence-corrected chi connectivity index (χ2v) is 7.45. The van der Waals surface area contributed by atoms with Crippen molar-refractivity contribution < 1.29 is 17.9 Å². The first-order valence-electron chi connectivity index (χ1n) is 8.11. The fraction of sp³-hybridized carbons (Fsp3) is 0.111. The molecule has 0 spiro atoms. The molecule has 2 N–H and O–H groups in total. The van der Waals surface area contributed by atoms with Crippen LogP contribution in [0.15, 0.2) is 66.0 Å². The molecular formula is C18H16N4O4S. The van der Waals surface area contributed by atoms with Crippen molar-refractivity contribution >= 4 is 21.5 Å². The lowest BCUT2D eigenvalue weighted by Gasteiger charge is -2.10. The molecular weight excluding hydrogens is 368 g/mol. The number of sulfonamides is 1. The van der Waals surface area contributed by atoms with Crippen LogP contribution in [-0.4, -0.2) is 25.2 Å². The van der Waals surface area contributed by atoms with Gasteiger partial charge in [-0.2, -0.15) is 0 Å². The van der Waals surface area contributed by atoms with Crippen molar-refractivity contribution in [1.82, 2.24) is 9.97 Å². The standard InChI is InChI=1S/C18H16N4O4S/c23-27(24,15-4-5-16-17(8-15)26-12-25-16)22-18-6-3-14(11-21-18)20-10-13-2-1-7-19-9-13/h1-9,11,20H,10,12H2,(H,21,22). The minimum atomic E-state index is -3.78. The fourth-order valence-corrected chi connectivity index (χ4v) is 3.53. The number of nitrogens with one attached hydrogen (secondary N) is 2. The maximum Gasteiger partial charge on any atom is 0.263 e. The van der Waals surface area contributed by atoms with Crippen LogP contribution in [0.2, 0.25) is 0 Å². The van der Waals surface area contributed by atoms with Crippen molar-refractivity contribution in [3.63, 3.8) is 0 Å². The number of nitrogens with zero attached hydrogens (tertiary/aromatic N) is 2. The quantitative estimate of drug-likeness (QED) is 0.673. The molecule has 3 heterocycles. The Kier molecular flexibility index (Phi) is 4.51. The summed E-state index contributed by atoms with van der Waals surface area (Å²) in [6, 6.07) is 11.6. The number of hydrogen-bond acceptors (Lipinski definition) is 7. The van der Waals surface area contributed by atoms with E-state index in [1.807, 2.05) is 12.1 Å². The molecule has 9 heteroatoms. The normalized spacial score (nSPS) is 12.6. The number of fused-ring (bicyclic) bond motifs is 1. The van der Waals surface area contributed by atoms with Crippen LogP contribution in [0.3, 0.4) is 0 Å². The Morgan fingerprint density at radius 1 is 1.04 bits per heavy atom. The predicted octanol–water partition coefficient (Wildman–Crippen LogP) is 2.62. The summed E-state index contributed by atoms with van der Waals surface area (Å²) in [5.74, 6) is 1.15. The van der Waals surface area contributed by atoms with Gasteiger partial charge >= 0.3 is 0 Å². The molecule has 0 aliphatic carbocycles. The molecule has 2 aromatic heterocycles. The topological polar surface area (TPSA) is 102 Å². The Morgan fingerprint density at radius 3 is 2.70 bits per heavy atom. The van der Waals surface area contributed by atoms with E-state index in [-0.39, 0.29) is 17.5 Å². The SMILES string of the molecule is O=S(=O)(Nc1ccc(NCc2cccnc2)cn1)c1ccc2c(c1)OCO2. The monoisotopic (exact) mass is 384 g/mol. The first kappa shape index (κ1) is 17.1. The Labute approximate surface area is 156 Å². The molecule has 0 radical (unpaired) electrons. The van der Waals surface area contributed by atoms with Gasteiger partial charge in [-0.1, -0.05) is 6.07 Å². The van der Waals surface area contributed by atoms with Crippen LogP contribution in [-0.2, 0) is 16.6 Å². The van der Waals surface area contributed by atoms with Gasteiger partial charge in [0.25, 0.3) is 10.0 Å². The van der Waals surface area contributed by atoms with E-state index >= 15 is 0 Å². The first-order chi connectivity index (χ1) is 13.1. The van der Waals surface area contributed by atoms with Gasteiger partial charge in [0, 0.05) is 25.0 Å². The number of aromatic nitrogens is 2. The third-order valence-corrected chi connectivity index (χ3v) is 5.23. The molecule has 4 rings (SSSR count). The van der Waals surface area contributed by atoms with Crippen LogP contribution < -0.4 is 19.5 Å². The van der Waals surface area contributed by atoms with E-state index in [1.54, 1.807) is 36.8 Å². The third-order valence-electron chi connectivity index (χ3n) is 3.88. The average Bonchev–Trinajstić information content (AvgIpc) is 3.16. The van der Waals surface area contributed by atoms with Gasteiger partial charge in [0.1, 0.15) is 5.82 Å². The van der Waals surface area contributed by atoms with Crippen LogP contribution in [0.1, 0.15) is 5.56 Å². The van der Waals surface area contributed by atoms with Crippen molar-refractivity contribution in [2.75, 3.05) is 16.8 Å². The summed E-state index contributed by atoms with van der Waals surface area (Å²) < 4.78 is 37.9. The maximum absolute atomic E-state index is 12.5. The second kappa shape index (κ2) is 7.12. The van der Waals surface area contributed by atoms with Gasteiger partial charge in [-0.25, -0.2) is 13.4 Å². The summed E-state index contributed by atoms with van der Waals surface area (Å²) in [7, 11) is -3.78. The highest BCUT2D eigenvalue weighted by Gasteiger charge is 2.20. The largest absolute Gasteiger partial charge is 0.454 e. The molecule has 0 saturated carbocycles. The van der Waals surface area contributed by atoms with E-state index in [0.29, 0.717) is 18.0 Å². The van der Waals surface area contributed by atoms with Crippen molar-refractivity contribution in [2.24, 2.45) is 0 Å². The number of ether oxygens (including phenoxy) is 2. The van der Waals surface area contributed by atoms with Gasteiger partial charge in [-0.15, -0.1) is 0 Å². The summed E-state index contributed by atoms with van der Waals surface area (Å²) in [6.45, 7) is 0.680. The number of hydrogen-bond donors (Lipinski definition) is 2. The third kappa shape index (κ3) is 3.93. The van der Waals surface area contributed by atoms with Gasteiger partial charge in [-0.3, -0.25) is 9.71 Å². The molecule has 0 fully saturated rings. The summed E-state index contributed by atoms with van der Waals surface area (Å²) in [5.41, 5.74) is 1.80. The lowest BCUT2D eigenvalue weighted by Crippen LogP contribution is -2.14. The highest BCUT2D eigenvalue weighted by Crippen LogP contribution is 2.34. The molecule has 27 heavy (non-hydrogen) atoms. The van der Waals surface area contributed by atoms with Crippen LogP contribution in [0.5, 0.6) is 11.5 Å². The number of benzene rings is 1. The van der Waals surface area contributed by atoms with E-state index in [1.165, 1.54) is 12.1 Å². The van der Waals surface area contributed by atoms with Crippen LogP contribution in [0.4, 0.5) is 11.5 Å². The van der Waals surface area contributed by atoms with Crippen molar-refractivity contribution in [2.45, 2.75) is 11.4 Å². The van der Waals surface area contributed by atoms with Gasteiger partial charge < -0.3 is 14.8 Å². The molecule has 1 aliphatic heterocycles. The zero-order chi connectivity index (χ0) is 18.7. The molecule has 0 bridgehead atoms. The van der Waals surface area contributed by atoms with E-state index in [0.717, 1.165) is 11.3 Å². The lowest BCUT2D eigenvalue weighted by molar-refractivity contribution is 0.174. The molecule has 1 aromatic carbocycles. The number of anilines is 2. The minimum absolute atomic E-state index is 0.0762. The Bertz CT molecular complexity index is 1040. The van der Waals surface area contributed by atoms with Crippen molar-refractivity contribution in [1.29, 1.82) is 0 Å². The molecule has 138 valence electrons. The molecule has 0 saturated heterocycles. The number of rotatable bonds is 6. The molecule has 0 unspecified atom stereocenters. The minimum Gasteiger partial charge on any atom is -0.454 e. The van der Waals surface area contributed by atoms with Gasteiger partial charge in [0.15, 0.2) is 11.5 Å². The van der Waals surface area contributed by atoms with E-state index in [4.69, 9.17) is 9.47 Å².